The summed E-state index contributed by atoms with van der Waals surface area (Å²) in [6.45, 7) is 8.48. The van der Waals surface area contributed by atoms with E-state index in [4.69, 9.17) is 4.74 Å². The van der Waals surface area contributed by atoms with Gasteiger partial charge < -0.3 is 15.0 Å². The molecular formula is C19H27N5O3S. The first-order valence-corrected chi connectivity index (χ1v) is 10.8. The van der Waals surface area contributed by atoms with Crippen LogP contribution in [0.15, 0.2) is 29.2 Å². The first-order valence-electron chi connectivity index (χ1n) is 9.34. The second-order valence-corrected chi connectivity index (χ2v) is 8.65. The lowest BCUT2D eigenvalue weighted by molar-refractivity contribution is 0.383. The molecule has 0 spiro atoms. The molecule has 0 amide bonds. The number of aryl methyl sites for hydroxylation is 2. The summed E-state index contributed by atoms with van der Waals surface area (Å²) in [5.74, 6) is 2.98. The van der Waals surface area contributed by atoms with E-state index in [9.17, 15) is 8.42 Å². The van der Waals surface area contributed by atoms with Gasteiger partial charge >= 0.3 is 0 Å². The second kappa shape index (κ2) is 8.32. The van der Waals surface area contributed by atoms with Gasteiger partial charge in [0.2, 0.25) is 10.0 Å². The average molecular weight is 406 g/mol. The molecule has 0 unspecified atom stereocenters. The van der Waals surface area contributed by atoms with Crippen molar-refractivity contribution in [3.8, 4) is 5.75 Å². The number of benzene rings is 1. The van der Waals surface area contributed by atoms with Gasteiger partial charge in [-0.3, -0.25) is 0 Å². The third kappa shape index (κ3) is 4.20. The molecule has 0 bridgehead atoms. The highest BCUT2D eigenvalue weighted by molar-refractivity contribution is 7.89. The van der Waals surface area contributed by atoms with Crippen LogP contribution in [0.5, 0.6) is 5.75 Å². The maximum absolute atomic E-state index is 13.0. The van der Waals surface area contributed by atoms with E-state index in [0.717, 1.165) is 23.7 Å². The van der Waals surface area contributed by atoms with Gasteiger partial charge in [0.15, 0.2) is 0 Å². The molecule has 1 aliphatic rings. The number of nitrogens with one attached hydrogen (secondary N) is 1. The van der Waals surface area contributed by atoms with Gasteiger partial charge in [-0.2, -0.15) is 4.31 Å². The van der Waals surface area contributed by atoms with Gasteiger partial charge in [0, 0.05) is 38.8 Å². The zero-order valence-electron chi connectivity index (χ0n) is 16.8. The van der Waals surface area contributed by atoms with Crippen LogP contribution in [0.1, 0.15) is 18.3 Å². The molecule has 2 aromatic rings. The van der Waals surface area contributed by atoms with E-state index in [-0.39, 0.29) is 0 Å². The lowest BCUT2D eigenvalue weighted by Gasteiger charge is -2.34. The molecule has 1 aromatic carbocycles. The van der Waals surface area contributed by atoms with Crippen LogP contribution in [0, 0.1) is 13.8 Å². The molecule has 1 saturated heterocycles. The summed E-state index contributed by atoms with van der Waals surface area (Å²) in [7, 11) is -1.96. The van der Waals surface area contributed by atoms with Gasteiger partial charge in [-0.25, -0.2) is 18.4 Å². The number of sulfonamides is 1. The van der Waals surface area contributed by atoms with Gasteiger partial charge in [-0.05, 0) is 44.5 Å². The monoisotopic (exact) mass is 405 g/mol. The first kappa shape index (κ1) is 20.3. The SMILES string of the molecule is CCNc1cc(N2CCN(S(=O)(=O)c3ccc(OC)c(C)c3)CC2)nc(C)n1. The van der Waals surface area contributed by atoms with Crippen molar-refractivity contribution in [3.05, 3.63) is 35.7 Å². The van der Waals surface area contributed by atoms with Crippen LogP contribution < -0.4 is 15.0 Å². The highest BCUT2D eigenvalue weighted by atomic mass is 32.2. The van der Waals surface area contributed by atoms with Crippen molar-refractivity contribution in [1.82, 2.24) is 14.3 Å². The van der Waals surface area contributed by atoms with Crippen LogP contribution in [0.25, 0.3) is 0 Å². The summed E-state index contributed by atoms with van der Waals surface area (Å²) in [4.78, 5) is 11.3. The number of nitrogens with zero attached hydrogens (tertiary/aromatic N) is 4. The van der Waals surface area contributed by atoms with Crippen LogP contribution in [0.3, 0.4) is 0 Å². The van der Waals surface area contributed by atoms with Crippen LogP contribution in [0.4, 0.5) is 11.6 Å². The van der Waals surface area contributed by atoms with E-state index in [1.54, 1.807) is 25.3 Å². The zero-order chi connectivity index (χ0) is 20.3. The van der Waals surface area contributed by atoms with Crippen LogP contribution in [-0.2, 0) is 10.0 Å². The molecule has 0 atom stereocenters. The fourth-order valence-electron chi connectivity index (χ4n) is 3.30. The van der Waals surface area contributed by atoms with Crippen molar-refractivity contribution >= 4 is 21.7 Å². The number of anilines is 2. The largest absolute Gasteiger partial charge is 0.496 e. The summed E-state index contributed by atoms with van der Waals surface area (Å²) in [5.41, 5.74) is 0.801. The molecule has 8 nitrogen and oxygen atoms in total. The van der Waals surface area contributed by atoms with Crippen LogP contribution in [0.2, 0.25) is 0 Å². The molecule has 152 valence electrons. The van der Waals surface area contributed by atoms with Crippen molar-refractivity contribution in [2.24, 2.45) is 0 Å². The Morgan fingerprint density at radius 1 is 1.11 bits per heavy atom. The Balaban J connectivity index is 1.73. The molecule has 0 aliphatic carbocycles. The number of hydrogen-bond donors (Lipinski definition) is 1. The fraction of sp³-hybridized carbons (Fsp3) is 0.474. The summed E-state index contributed by atoms with van der Waals surface area (Å²) in [6, 6.07) is 6.87. The van der Waals surface area contributed by atoms with E-state index < -0.39 is 10.0 Å². The molecule has 1 aromatic heterocycles. The van der Waals surface area contributed by atoms with Crippen LogP contribution >= 0.6 is 0 Å². The smallest absolute Gasteiger partial charge is 0.243 e. The molecule has 1 aliphatic heterocycles. The van der Waals surface area contributed by atoms with Crippen LogP contribution in [-0.4, -0.2) is 62.5 Å². The second-order valence-electron chi connectivity index (χ2n) is 6.71. The number of ether oxygens (including phenoxy) is 1. The van der Waals surface area contributed by atoms with E-state index in [1.165, 1.54) is 4.31 Å². The maximum atomic E-state index is 13.0. The highest BCUT2D eigenvalue weighted by Crippen LogP contribution is 2.25. The maximum Gasteiger partial charge on any atom is 0.243 e. The normalized spacial score (nSPS) is 15.5. The van der Waals surface area contributed by atoms with E-state index in [0.29, 0.717) is 42.6 Å². The lowest BCUT2D eigenvalue weighted by Crippen LogP contribution is -2.49. The number of rotatable bonds is 6. The predicted octanol–water partition coefficient (Wildman–Crippen LogP) is 2.04. The third-order valence-electron chi connectivity index (χ3n) is 4.75. The van der Waals surface area contributed by atoms with Crippen molar-refractivity contribution in [2.45, 2.75) is 25.7 Å². The summed E-state index contributed by atoms with van der Waals surface area (Å²) < 4.78 is 32.8. The molecule has 9 heteroatoms. The predicted molar refractivity (Wildman–Crippen MR) is 110 cm³/mol. The Hall–Kier alpha value is -2.39. The molecule has 0 saturated carbocycles. The minimum atomic E-state index is -3.53. The minimum absolute atomic E-state index is 0.298. The molecule has 3 rings (SSSR count). The molecule has 2 heterocycles. The molecule has 1 fully saturated rings. The highest BCUT2D eigenvalue weighted by Gasteiger charge is 2.29. The fourth-order valence-corrected chi connectivity index (χ4v) is 4.81. The zero-order valence-corrected chi connectivity index (χ0v) is 17.6. The summed E-state index contributed by atoms with van der Waals surface area (Å²) in [5, 5.41) is 3.20. The Kier molecular flexibility index (Phi) is 6.04. The molecule has 0 radical (unpaired) electrons. The average Bonchev–Trinajstić information content (AvgIpc) is 2.68. The summed E-state index contributed by atoms with van der Waals surface area (Å²) >= 11 is 0. The molecule has 1 N–H and O–H groups in total. The van der Waals surface area contributed by atoms with Gasteiger partial charge in [0.05, 0.1) is 12.0 Å². The number of piperazine rings is 1. The van der Waals surface area contributed by atoms with Gasteiger partial charge in [0.25, 0.3) is 0 Å². The third-order valence-corrected chi connectivity index (χ3v) is 6.64. The lowest BCUT2D eigenvalue weighted by atomic mass is 10.2. The van der Waals surface area contributed by atoms with Gasteiger partial charge in [0.1, 0.15) is 23.2 Å². The minimum Gasteiger partial charge on any atom is -0.496 e. The van der Waals surface area contributed by atoms with Crippen molar-refractivity contribution in [2.75, 3.05) is 50.1 Å². The quantitative estimate of drug-likeness (QED) is 0.787. The Morgan fingerprint density at radius 2 is 1.82 bits per heavy atom. The topological polar surface area (TPSA) is 87.7 Å². The van der Waals surface area contributed by atoms with E-state index in [1.807, 2.05) is 26.8 Å². The molecule has 28 heavy (non-hydrogen) atoms. The number of methoxy groups -OCH3 is 1. The van der Waals surface area contributed by atoms with E-state index in [2.05, 4.69) is 20.2 Å². The number of hydrogen-bond acceptors (Lipinski definition) is 7. The van der Waals surface area contributed by atoms with Crippen molar-refractivity contribution in [1.29, 1.82) is 0 Å². The van der Waals surface area contributed by atoms with Gasteiger partial charge in [-0.1, -0.05) is 0 Å². The first-order chi connectivity index (χ1) is 13.3. The molecular weight excluding hydrogens is 378 g/mol. The Labute approximate surface area is 166 Å². The summed E-state index contributed by atoms with van der Waals surface area (Å²) in [6.07, 6.45) is 0. The standard InChI is InChI=1S/C19H27N5O3S/c1-5-20-18-13-19(22-15(3)21-18)23-8-10-24(11-9-23)28(25,26)16-6-7-17(27-4)14(2)12-16/h6-7,12-13H,5,8-11H2,1-4H3,(H,20,21,22). The van der Waals surface area contributed by atoms with E-state index >= 15 is 0 Å². The van der Waals surface area contributed by atoms with Crippen molar-refractivity contribution < 1.29 is 13.2 Å². The van der Waals surface area contributed by atoms with Crippen molar-refractivity contribution in [3.63, 3.8) is 0 Å². The Bertz CT molecular complexity index is 941. The Morgan fingerprint density at radius 3 is 2.43 bits per heavy atom. The van der Waals surface area contributed by atoms with Gasteiger partial charge in [-0.15, -0.1) is 0 Å². The number of aromatic nitrogens is 2.